The standard InChI is InChI=1S/C7H7N2/c1-5-3-6(2)9-7(5)4-8/h9H,1-2H3. The van der Waals surface area contributed by atoms with Crippen LogP contribution in [0.4, 0.5) is 0 Å². The van der Waals surface area contributed by atoms with Gasteiger partial charge in [0.25, 0.3) is 0 Å². The molecule has 9 heavy (non-hydrogen) atoms. The molecule has 1 aromatic rings. The third kappa shape index (κ3) is 0.945. The van der Waals surface area contributed by atoms with Gasteiger partial charge in [0.05, 0.1) is 0 Å². The first-order valence-electron chi connectivity index (χ1n) is 2.72. The van der Waals surface area contributed by atoms with Crippen LogP contribution in [0.25, 0.3) is 0 Å². The SMILES string of the molecule is Cc1[c]c(C)c(C#N)[nH]1. The summed E-state index contributed by atoms with van der Waals surface area (Å²) >= 11 is 0. The Bertz CT molecular complexity index is 252. The molecule has 1 rings (SSSR count). The fourth-order valence-corrected chi connectivity index (χ4v) is 0.768. The van der Waals surface area contributed by atoms with Crippen LogP contribution in [0.1, 0.15) is 17.0 Å². The summed E-state index contributed by atoms with van der Waals surface area (Å²) in [6, 6.07) is 5.01. The van der Waals surface area contributed by atoms with Gasteiger partial charge in [-0.2, -0.15) is 5.26 Å². The Morgan fingerprint density at radius 3 is 2.44 bits per heavy atom. The van der Waals surface area contributed by atoms with Crippen LogP contribution in [0.2, 0.25) is 0 Å². The predicted octanol–water partition coefficient (Wildman–Crippen LogP) is 1.30. The Labute approximate surface area is 54.1 Å². The van der Waals surface area contributed by atoms with Crippen molar-refractivity contribution in [1.29, 1.82) is 5.26 Å². The molecule has 0 aliphatic rings. The molecule has 2 heteroatoms. The zero-order valence-corrected chi connectivity index (χ0v) is 5.45. The second kappa shape index (κ2) is 1.94. The van der Waals surface area contributed by atoms with Crippen LogP contribution < -0.4 is 0 Å². The molecule has 0 aliphatic carbocycles. The average Bonchev–Trinajstić information content (AvgIpc) is 2.10. The molecule has 0 spiro atoms. The lowest BCUT2D eigenvalue weighted by molar-refractivity contribution is 1.22. The molecule has 0 saturated carbocycles. The van der Waals surface area contributed by atoms with E-state index in [0.29, 0.717) is 5.69 Å². The quantitative estimate of drug-likeness (QED) is 0.549. The molecule has 0 amide bonds. The number of aromatic amines is 1. The molecule has 1 radical (unpaired) electrons. The summed E-state index contributed by atoms with van der Waals surface area (Å²) < 4.78 is 0. The molecule has 1 heterocycles. The molecule has 1 aromatic heterocycles. The number of rotatable bonds is 0. The van der Waals surface area contributed by atoms with E-state index in [-0.39, 0.29) is 0 Å². The highest BCUT2D eigenvalue weighted by Gasteiger charge is 1.98. The summed E-state index contributed by atoms with van der Waals surface area (Å²) in [6.45, 7) is 3.75. The van der Waals surface area contributed by atoms with Crippen LogP contribution in [-0.4, -0.2) is 4.98 Å². The van der Waals surface area contributed by atoms with E-state index >= 15 is 0 Å². The highest BCUT2D eigenvalue weighted by atomic mass is 14.7. The summed E-state index contributed by atoms with van der Waals surface area (Å²) in [5.74, 6) is 0. The van der Waals surface area contributed by atoms with E-state index < -0.39 is 0 Å². The van der Waals surface area contributed by atoms with Crippen molar-refractivity contribution in [1.82, 2.24) is 4.98 Å². The molecule has 45 valence electrons. The van der Waals surface area contributed by atoms with Gasteiger partial charge in [-0.3, -0.25) is 0 Å². The average molecular weight is 119 g/mol. The number of nitrogens with zero attached hydrogens (tertiary/aromatic N) is 1. The summed E-state index contributed by atoms with van der Waals surface area (Å²) in [7, 11) is 0. The third-order valence-corrected chi connectivity index (χ3v) is 1.17. The monoisotopic (exact) mass is 119 g/mol. The first kappa shape index (κ1) is 5.90. The van der Waals surface area contributed by atoms with E-state index in [1.807, 2.05) is 19.9 Å². The van der Waals surface area contributed by atoms with Gasteiger partial charge >= 0.3 is 0 Å². The van der Waals surface area contributed by atoms with Crippen molar-refractivity contribution in [3.05, 3.63) is 23.0 Å². The van der Waals surface area contributed by atoms with Crippen LogP contribution in [0, 0.1) is 31.2 Å². The Morgan fingerprint density at radius 2 is 2.22 bits per heavy atom. The molecule has 0 atom stereocenters. The molecular weight excluding hydrogens is 112 g/mol. The van der Waals surface area contributed by atoms with Crippen LogP contribution >= 0.6 is 0 Å². The number of aromatic nitrogens is 1. The fraction of sp³-hybridized carbons (Fsp3) is 0.286. The summed E-state index contributed by atoms with van der Waals surface area (Å²) in [4.78, 5) is 2.88. The maximum atomic E-state index is 8.43. The van der Waals surface area contributed by atoms with Crippen LogP contribution in [0.3, 0.4) is 0 Å². The number of nitrogens with one attached hydrogen (secondary N) is 1. The van der Waals surface area contributed by atoms with Gasteiger partial charge in [-0.05, 0) is 19.4 Å². The Kier molecular flexibility index (Phi) is 1.27. The van der Waals surface area contributed by atoms with Crippen molar-refractivity contribution >= 4 is 0 Å². The first-order valence-corrected chi connectivity index (χ1v) is 2.72. The minimum atomic E-state index is 0.618. The van der Waals surface area contributed by atoms with Crippen molar-refractivity contribution < 1.29 is 0 Å². The number of nitriles is 1. The largest absolute Gasteiger partial charge is 0.350 e. The molecular formula is C7H7N2. The lowest BCUT2D eigenvalue weighted by Gasteiger charge is -1.78. The molecule has 0 aromatic carbocycles. The Hall–Kier alpha value is -1.23. The minimum Gasteiger partial charge on any atom is -0.350 e. The van der Waals surface area contributed by atoms with E-state index in [1.165, 1.54) is 0 Å². The maximum Gasteiger partial charge on any atom is 0.121 e. The number of hydrogen-bond donors (Lipinski definition) is 1. The van der Waals surface area contributed by atoms with Crippen molar-refractivity contribution in [3.63, 3.8) is 0 Å². The van der Waals surface area contributed by atoms with Gasteiger partial charge in [-0.1, -0.05) is 0 Å². The minimum absolute atomic E-state index is 0.618. The normalized spacial score (nSPS) is 9.00. The summed E-state index contributed by atoms with van der Waals surface area (Å²) in [5, 5.41) is 8.43. The van der Waals surface area contributed by atoms with Crippen molar-refractivity contribution in [2.24, 2.45) is 0 Å². The van der Waals surface area contributed by atoms with E-state index in [4.69, 9.17) is 5.26 Å². The van der Waals surface area contributed by atoms with Gasteiger partial charge in [-0.25, -0.2) is 0 Å². The molecule has 0 aliphatic heterocycles. The summed E-state index contributed by atoms with van der Waals surface area (Å²) in [5.41, 5.74) is 2.44. The lowest BCUT2D eigenvalue weighted by Crippen LogP contribution is -1.74. The summed E-state index contributed by atoms with van der Waals surface area (Å²) in [6.07, 6.45) is 0. The highest BCUT2D eigenvalue weighted by molar-refractivity contribution is 5.31. The van der Waals surface area contributed by atoms with E-state index in [0.717, 1.165) is 11.3 Å². The third-order valence-electron chi connectivity index (χ3n) is 1.17. The Balaban J connectivity index is 3.20. The molecule has 0 bridgehead atoms. The smallest absolute Gasteiger partial charge is 0.121 e. The predicted molar refractivity (Wildman–Crippen MR) is 33.8 cm³/mol. The zero-order chi connectivity index (χ0) is 6.85. The Morgan fingerprint density at radius 1 is 1.56 bits per heavy atom. The topological polar surface area (TPSA) is 39.6 Å². The van der Waals surface area contributed by atoms with Gasteiger partial charge in [0.1, 0.15) is 11.8 Å². The van der Waals surface area contributed by atoms with Crippen LogP contribution in [-0.2, 0) is 0 Å². The molecule has 1 N–H and O–H groups in total. The molecule has 0 unspecified atom stereocenters. The van der Waals surface area contributed by atoms with Gasteiger partial charge in [0, 0.05) is 11.8 Å². The molecule has 0 fully saturated rings. The second-order valence-corrected chi connectivity index (χ2v) is 1.99. The zero-order valence-electron chi connectivity index (χ0n) is 5.45. The second-order valence-electron chi connectivity index (χ2n) is 1.99. The van der Waals surface area contributed by atoms with Gasteiger partial charge in [-0.15, -0.1) is 0 Å². The lowest BCUT2D eigenvalue weighted by atomic mass is 10.3. The van der Waals surface area contributed by atoms with Gasteiger partial charge in [0.15, 0.2) is 0 Å². The molecule has 2 nitrogen and oxygen atoms in total. The van der Waals surface area contributed by atoms with Crippen LogP contribution in [0.15, 0.2) is 0 Å². The number of hydrogen-bond acceptors (Lipinski definition) is 1. The fourth-order valence-electron chi connectivity index (χ4n) is 0.768. The van der Waals surface area contributed by atoms with Gasteiger partial charge < -0.3 is 4.98 Å². The number of aryl methyl sites for hydroxylation is 2. The van der Waals surface area contributed by atoms with Crippen molar-refractivity contribution in [2.45, 2.75) is 13.8 Å². The maximum absolute atomic E-state index is 8.43. The first-order chi connectivity index (χ1) is 4.24. The van der Waals surface area contributed by atoms with E-state index in [1.54, 1.807) is 0 Å². The van der Waals surface area contributed by atoms with Crippen molar-refractivity contribution in [2.75, 3.05) is 0 Å². The van der Waals surface area contributed by atoms with Gasteiger partial charge in [0.2, 0.25) is 0 Å². The number of H-pyrrole nitrogens is 1. The van der Waals surface area contributed by atoms with E-state index in [9.17, 15) is 0 Å². The molecule has 0 saturated heterocycles. The van der Waals surface area contributed by atoms with Crippen LogP contribution in [0.5, 0.6) is 0 Å². The van der Waals surface area contributed by atoms with Crippen molar-refractivity contribution in [3.8, 4) is 6.07 Å². The highest BCUT2D eigenvalue weighted by Crippen LogP contribution is 2.04. The van der Waals surface area contributed by atoms with E-state index in [2.05, 4.69) is 11.1 Å².